The number of allylic oxidation sites excluding steroid dienone is 6. The third-order valence-electron chi connectivity index (χ3n) is 14.2. The standard InChI is InChI=1S/C63H119NO5/c1-3-5-7-9-11-13-15-17-31-35-39-43-47-51-55-61(66)60(59-65)64-62(67)56-52-48-44-40-36-32-29-27-25-23-21-19-20-22-24-26-28-30-34-38-42-46-50-54-58-69-63(68)57-53-49-45-41-37-33-18-16-14-12-10-8-6-4-2/h10,12,16,18,21,23,60-61,65-66H,3-9,11,13-15,17,19-20,22,24-59H2,1-2H3,(H,64,67)/b12-10-,18-16-,23-21-. The van der Waals surface area contributed by atoms with Gasteiger partial charge in [-0.25, -0.2) is 0 Å². The summed E-state index contributed by atoms with van der Waals surface area (Å²) in [6, 6.07) is -0.545. The number of aliphatic hydroxyl groups excluding tert-OH is 2. The summed E-state index contributed by atoms with van der Waals surface area (Å²) in [6.07, 6.45) is 72.9. The lowest BCUT2D eigenvalue weighted by Crippen LogP contribution is -2.45. The highest BCUT2D eigenvalue weighted by Gasteiger charge is 2.20. The summed E-state index contributed by atoms with van der Waals surface area (Å²) in [6.45, 7) is 4.91. The number of hydrogen-bond donors (Lipinski definition) is 3. The van der Waals surface area contributed by atoms with Crippen LogP contribution in [0.5, 0.6) is 0 Å². The van der Waals surface area contributed by atoms with Crippen LogP contribution in [0.1, 0.15) is 328 Å². The first-order chi connectivity index (χ1) is 34.0. The zero-order chi connectivity index (χ0) is 50.0. The van der Waals surface area contributed by atoms with Gasteiger partial charge in [0.2, 0.25) is 5.91 Å². The van der Waals surface area contributed by atoms with Gasteiger partial charge in [0.1, 0.15) is 0 Å². The molecule has 2 unspecified atom stereocenters. The van der Waals surface area contributed by atoms with E-state index in [1.165, 1.54) is 244 Å². The molecule has 0 saturated carbocycles. The van der Waals surface area contributed by atoms with Crippen LogP contribution in [0.3, 0.4) is 0 Å². The van der Waals surface area contributed by atoms with Gasteiger partial charge in [-0.3, -0.25) is 9.59 Å². The second kappa shape index (κ2) is 58.6. The van der Waals surface area contributed by atoms with E-state index in [-0.39, 0.29) is 18.5 Å². The molecule has 0 aliphatic rings. The van der Waals surface area contributed by atoms with Crippen LogP contribution in [0.15, 0.2) is 36.5 Å². The molecule has 1 amide bonds. The van der Waals surface area contributed by atoms with Gasteiger partial charge >= 0.3 is 5.97 Å². The molecule has 0 rings (SSSR count). The van der Waals surface area contributed by atoms with Crippen LogP contribution >= 0.6 is 0 Å². The van der Waals surface area contributed by atoms with Gasteiger partial charge in [-0.2, -0.15) is 0 Å². The Morgan fingerprint density at radius 3 is 1.16 bits per heavy atom. The highest BCUT2D eigenvalue weighted by Crippen LogP contribution is 2.17. The molecule has 0 heterocycles. The third kappa shape index (κ3) is 55.2. The van der Waals surface area contributed by atoms with E-state index in [1.54, 1.807) is 0 Å². The lowest BCUT2D eigenvalue weighted by molar-refractivity contribution is -0.143. The molecule has 2 atom stereocenters. The topological polar surface area (TPSA) is 95.9 Å². The van der Waals surface area contributed by atoms with Crippen LogP contribution in [-0.4, -0.2) is 47.4 Å². The van der Waals surface area contributed by atoms with Crippen LogP contribution in [0, 0.1) is 0 Å². The van der Waals surface area contributed by atoms with E-state index < -0.39 is 12.1 Å². The van der Waals surface area contributed by atoms with E-state index in [4.69, 9.17) is 4.74 Å². The highest BCUT2D eigenvalue weighted by atomic mass is 16.5. The summed E-state index contributed by atoms with van der Waals surface area (Å²) in [5, 5.41) is 23.3. The predicted molar refractivity (Wildman–Crippen MR) is 301 cm³/mol. The maximum atomic E-state index is 12.5. The summed E-state index contributed by atoms with van der Waals surface area (Å²) in [5.41, 5.74) is 0. The molecule has 0 bridgehead atoms. The van der Waals surface area contributed by atoms with E-state index in [2.05, 4.69) is 55.6 Å². The lowest BCUT2D eigenvalue weighted by Gasteiger charge is -2.22. The van der Waals surface area contributed by atoms with Crippen LogP contribution in [0.25, 0.3) is 0 Å². The first-order valence-corrected chi connectivity index (χ1v) is 30.7. The Kier molecular flexibility index (Phi) is 57.0. The number of esters is 1. The zero-order valence-corrected chi connectivity index (χ0v) is 46.3. The average molecular weight is 971 g/mol. The van der Waals surface area contributed by atoms with Crippen LogP contribution < -0.4 is 5.32 Å². The summed E-state index contributed by atoms with van der Waals surface area (Å²) in [4.78, 5) is 24.5. The molecular weight excluding hydrogens is 851 g/mol. The third-order valence-corrected chi connectivity index (χ3v) is 14.2. The van der Waals surface area contributed by atoms with Crippen molar-refractivity contribution in [1.82, 2.24) is 5.32 Å². The molecule has 0 saturated heterocycles. The molecule has 0 radical (unpaired) electrons. The molecule has 6 heteroatoms. The fourth-order valence-electron chi connectivity index (χ4n) is 9.42. The van der Waals surface area contributed by atoms with Crippen molar-refractivity contribution in [1.29, 1.82) is 0 Å². The van der Waals surface area contributed by atoms with Crippen molar-refractivity contribution in [3.63, 3.8) is 0 Å². The highest BCUT2D eigenvalue weighted by molar-refractivity contribution is 5.76. The predicted octanol–water partition coefficient (Wildman–Crippen LogP) is 19.2. The minimum absolute atomic E-state index is 0.00216. The van der Waals surface area contributed by atoms with E-state index in [9.17, 15) is 19.8 Å². The van der Waals surface area contributed by atoms with Crippen LogP contribution in [-0.2, 0) is 14.3 Å². The molecule has 0 aliphatic carbocycles. The zero-order valence-electron chi connectivity index (χ0n) is 46.3. The Labute approximate surface area is 430 Å². The van der Waals surface area contributed by atoms with Gasteiger partial charge in [0, 0.05) is 12.8 Å². The number of aliphatic hydroxyl groups is 2. The minimum Gasteiger partial charge on any atom is -0.466 e. The molecule has 6 nitrogen and oxygen atoms in total. The van der Waals surface area contributed by atoms with Crippen molar-refractivity contribution >= 4 is 11.9 Å². The van der Waals surface area contributed by atoms with E-state index in [0.29, 0.717) is 25.9 Å². The first kappa shape index (κ1) is 67.1. The molecule has 0 spiro atoms. The van der Waals surface area contributed by atoms with Gasteiger partial charge in [-0.15, -0.1) is 0 Å². The number of nitrogens with one attached hydrogen (secondary N) is 1. The maximum Gasteiger partial charge on any atom is 0.305 e. The Morgan fingerprint density at radius 2 is 0.739 bits per heavy atom. The second-order valence-electron chi connectivity index (χ2n) is 21.0. The van der Waals surface area contributed by atoms with Crippen molar-refractivity contribution in [2.24, 2.45) is 0 Å². The molecule has 0 aromatic rings. The van der Waals surface area contributed by atoms with Gasteiger partial charge < -0.3 is 20.3 Å². The lowest BCUT2D eigenvalue weighted by atomic mass is 10.0. The van der Waals surface area contributed by atoms with Gasteiger partial charge in [-0.05, 0) is 77.0 Å². The molecule has 0 aliphatic heterocycles. The van der Waals surface area contributed by atoms with Gasteiger partial charge in [0.25, 0.3) is 0 Å². The number of rotatable bonds is 57. The smallest absolute Gasteiger partial charge is 0.305 e. The molecule has 69 heavy (non-hydrogen) atoms. The fraction of sp³-hybridized carbons (Fsp3) is 0.873. The number of carbonyl (C=O) groups excluding carboxylic acids is 2. The quantitative estimate of drug-likeness (QED) is 0.0321. The summed E-state index contributed by atoms with van der Waals surface area (Å²) >= 11 is 0. The van der Waals surface area contributed by atoms with Gasteiger partial charge in [0.15, 0.2) is 0 Å². The maximum absolute atomic E-state index is 12.5. The van der Waals surface area contributed by atoms with Crippen LogP contribution in [0.2, 0.25) is 0 Å². The Hall–Kier alpha value is -1.92. The Balaban J connectivity index is 3.40. The van der Waals surface area contributed by atoms with Crippen molar-refractivity contribution in [2.75, 3.05) is 13.2 Å². The number of ether oxygens (including phenoxy) is 1. The number of carbonyl (C=O) groups is 2. The monoisotopic (exact) mass is 970 g/mol. The molecular formula is C63H119NO5. The fourth-order valence-corrected chi connectivity index (χ4v) is 9.42. The van der Waals surface area contributed by atoms with Crippen molar-refractivity contribution in [3.05, 3.63) is 36.5 Å². The van der Waals surface area contributed by atoms with Crippen molar-refractivity contribution in [3.8, 4) is 0 Å². The second-order valence-corrected chi connectivity index (χ2v) is 21.0. The number of amides is 1. The summed E-state index contributed by atoms with van der Waals surface area (Å²) in [7, 11) is 0. The van der Waals surface area contributed by atoms with Crippen molar-refractivity contribution < 1.29 is 24.5 Å². The molecule has 0 aromatic carbocycles. The Bertz CT molecular complexity index is 1120. The van der Waals surface area contributed by atoms with Crippen molar-refractivity contribution in [2.45, 2.75) is 341 Å². The average Bonchev–Trinajstić information content (AvgIpc) is 3.35. The summed E-state index contributed by atoms with van der Waals surface area (Å²) < 4.78 is 5.47. The molecule has 0 aromatic heterocycles. The SMILES string of the molecule is CCCC/C=C\C/C=C\CCCCCCCC(=O)OCCCCCCCCCCCCCC/C=C\CCCCCCCCCCC(=O)NC(CO)C(O)CCCCCCCCCCCCCCCC. The molecule has 0 fully saturated rings. The largest absolute Gasteiger partial charge is 0.466 e. The van der Waals surface area contributed by atoms with E-state index in [1.807, 2.05) is 0 Å². The van der Waals surface area contributed by atoms with E-state index >= 15 is 0 Å². The normalized spacial score (nSPS) is 12.8. The summed E-state index contributed by atoms with van der Waals surface area (Å²) in [5.74, 6) is -0.0409. The molecule has 3 N–H and O–H groups in total. The number of hydrogen-bond acceptors (Lipinski definition) is 5. The van der Waals surface area contributed by atoms with E-state index in [0.717, 1.165) is 51.4 Å². The number of unbranched alkanes of at least 4 members (excludes halogenated alkanes) is 40. The Morgan fingerprint density at radius 1 is 0.406 bits per heavy atom. The first-order valence-electron chi connectivity index (χ1n) is 30.7. The minimum atomic E-state index is -0.667. The van der Waals surface area contributed by atoms with Gasteiger partial charge in [0.05, 0.1) is 25.4 Å². The van der Waals surface area contributed by atoms with Gasteiger partial charge in [-0.1, -0.05) is 275 Å². The van der Waals surface area contributed by atoms with Crippen LogP contribution in [0.4, 0.5) is 0 Å². The molecule has 406 valence electrons.